The molecule has 1 aliphatic heterocycles. The van der Waals surface area contributed by atoms with Gasteiger partial charge >= 0.3 is 0 Å². The number of amides is 1. The van der Waals surface area contributed by atoms with Crippen LogP contribution in [0.3, 0.4) is 0 Å². The third-order valence-corrected chi connectivity index (χ3v) is 6.42. The molecule has 1 fully saturated rings. The topological polar surface area (TPSA) is 87.1 Å². The first kappa shape index (κ1) is 21.9. The summed E-state index contributed by atoms with van der Waals surface area (Å²) < 4.78 is 14.3. The zero-order valence-electron chi connectivity index (χ0n) is 19.4. The molecule has 0 aliphatic carbocycles. The predicted octanol–water partition coefficient (Wildman–Crippen LogP) is 3.86. The van der Waals surface area contributed by atoms with Gasteiger partial charge in [0.05, 0.1) is 17.1 Å². The molecule has 0 bridgehead atoms. The Balaban J connectivity index is 1.56. The maximum atomic E-state index is 14.3. The van der Waals surface area contributed by atoms with Gasteiger partial charge < -0.3 is 15.1 Å². The molecule has 1 atom stereocenters. The zero-order valence-corrected chi connectivity index (χ0v) is 19.4. The van der Waals surface area contributed by atoms with Crippen LogP contribution in [0, 0.1) is 12.7 Å². The van der Waals surface area contributed by atoms with Crippen molar-refractivity contribution in [3.05, 3.63) is 59.8 Å². The minimum absolute atomic E-state index is 0.0717. The van der Waals surface area contributed by atoms with Crippen molar-refractivity contribution >= 4 is 39.5 Å². The zero-order chi connectivity index (χ0) is 23.8. The molecule has 174 valence electrons. The first-order valence-corrected chi connectivity index (χ1v) is 11.3. The van der Waals surface area contributed by atoms with Gasteiger partial charge in [0.25, 0.3) is 0 Å². The number of carbonyl (C=O) groups is 1. The van der Waals surface area contributed by atoms with E-state index >= 15 is 0 Å². The highest BCUT2D eigenvalue weighted by atomic mass is 19.1. The summed E-state index contributed by atoms with van der Waals surface area (Å²) in [7, 11) is 0. The molecule has 0 radical (unpaired) electrons. The molecule has 1 aromatic carbocycles. The summed E-state index contributed by atoms with van der Waals surface area (Å²) in [6.07, 6.45) is 3.24. The van der Waals surface area contributed by atoms with Gasteiger partial charge in [-0.3, -0.25) is 9.78 Å². The SMILES string of the molecule is CC(=O)N1CCN(c2nc3c(C)c(F)ccc3cc2C(C)Nc2ncnc3cccnc23)CC1. The van der Waals surface area contributed by atoms with Crippen molar-refractivity contribution in [3.63, 3.8) is 0 Å². The quantitative estimate of drug-likeness (QED) is 0.496. The highest BCUT2D eigenvalue weighted by molar-refractivity contribution is 5.87. The lowest BCUT2D eigenvalue weighted by atomic mass is 10.0. The highest BCUT2D eigenvalue weighted by Gasteiger charge is 2.25. The summed E-state index contributed by atoms with van der Waals surface area (Å²) in [4.78, 5) is 33.9. The number of rotatable bonds is 4. The van der Waals surface area contributed by atoms with Gasteiger partial charge in [-0.25, -0.2) is 19.3 Å². The Hall–Kier alpha value is -3.88. The monoisotopic (exact) mass is 459 g/mol. The maximum Gasteiger partial charge on any atom is 0.219 e. The van der Waals surface area contributed by atoms with Crippen molar-refractivity contribution in [2.75, 3.05) is 36.4 Å². The second-order valence-electron chi connectivity index (χ2n) is 8.60. The first-order valence-electron chi connectivity index (χ1n) is 11.3. The fraction of sp³-hybridized carbons (Fsp3) is 0.320. The van der Waals surface area contributed by atoms with Gasteiger partial charge in [0, 0.05) is 55.8 Å². The van der Waals surface area contributed by atoms with Gasteiger partial charge in [-0.05, 0) is 44.2 Å². The second-order valence-corrected chi connectivity index (χ2v) is 8.60. The standard InChI is InChI=1S/C25H26FN7O/c1-15-20(26)7-6-18-13-19(16(2)30-24-23-21(28-14-29-24)5-4-8-27-23)25(31-22(15)18)33-11-9-32(10-12-33)17(3)34/h4-8,13-14,16H,9-12H2,1-3H3,(H,28,29,30). The highest BCUT2D eigenvalue weighted by Crippen LogP contribution is 2.33. The van der Waals surface area contributed by atoms with Crippen molar-refractivity contribution in [2.45, 2.75) is 26.8 Å². The molecule has 1 unspecified atom stereocenters. The molecule has 8 nitrogen and oxygen atoms in total. The molecule has 4 heterocycles. The van der Waals surface area contributed by atoms with E-state index in [9.17, 15) is 9.18 Å². The van der Waals surface area contributed by atoms with Crippen LogP contribution in [0.4, 0.5) is 16.0 Å². The Morgan fingerprint density at radius 3 is 2.65 bits per heavy atom. The third kappa shape index (κ3) is 3.98. The molecule has 4 aromatic rings. The van der Waals surface area contributed by atoms with Crippen molar-refractivity contribution in [1.82, 2.24) is 24.8 Å². The number of nitrogens with one attached hydrogen (secondary N) is 1. The summed E-state index contributed by atoms with van der Waals surface area (Å²) in [6.45, 7) is 7.95. The Morgan fingerprint density at radius 1 is 1.09 bits per heavy atom. The van der Waals surface area contributed by atoms with E-state index in [1.165, 1.54) is 12.4 Å². The third-order valence-electron chi connectivity index (χ3n) is 6.42. The lowest BCUT2D eigenvalue weighted by molar-refractivity contribution is -0.129. The number of benzene rings is 1. The molecule has 0 saturated carbocycles. The number of piperazine rings is 1. The van der Waals surface area contributed by atoms with Gasteiger partial charge in [0.15, 0.2) is 5.82 Å². The molecule has 3 aromatic heterocycles. The van der Waals surface area contributed by atoms with E-state index in [1.807, 2.05) is 24.0 Å². The molecule has 1 aliphatic rings. The summed E-state index contributed by atoms with van der Waals surface area (Å²) in [5, 5.41) is 4.35. The van der Waals surface area contributed by atoms with Crippen LogP contribution in [0.15, 0.2) is 42.9 Å². The Bertz CT molecular complexity index is 1380. The van der Waals surface area contributed by atoms with E-state index in [4.69, 9.17) is 4.98 Å². The molecular formula is C25H26FN7O. The fourth-order valence-corrected chi connectivity index (χ4v) is 4.45. The smallest absolute Gasteiger partial charge is 0.219 e. The molecule has 1 amide bonds. The van der Waals surface area contributed by atoms with Crippen molar-refractivity contribution in [2.24, 2.45) is 0 Å². The molecular weight excluding hydrogens is 433 g/mol. The number of hydrogen-bond acceptors (Lipinski definition) is 7. The van der Waals surface area contributed by atoms with E-state index in [1.54, 1.807) is 26.1 Å². The second kappa shape index (κ2) is 8.81. The summed E-state index contributed by atoms with van der Waals surface area (Å²) in [5.41, 5.74) is 3.60. The number of carbonyl (C=O) groups excluding carboxylic acids is 1. The lowest BCUT2D eigenvalue weighted by Crippen LogP contribution is -2.48. The van der Waals surface area contributed by atoms with Gasteiger partial charge in [0.1, 0.15) is 23.5 Å². The molecule has 1 N–H and O–H groups in total. The van der Waals surface area contributed by atoms with Crippen molar-refractivity contribution in [1.29, 1.82) is 0 Å². The molecule has 5 rings (SSSR count). The molecule has 34 heavy (non-hydrogen) atoms. The fourth-order valence-electron chi connectivity index (χ4n) is 4.45. The van der Waals surface area contributed by atoms with E-state index in [2.05, 4.69) is 31.2 Å². The summed E-state index contributed by atoms with van der Waals surface area (Å²) in [6, 6.07) is 8.89. The van der Waals surface area contributed by atoms with E-state index in [0.717, 1.165) is 22.3 Å². The number of halogens is 1. The van der Waals surface area contributed by atoms with E-state index < -0.39 is 0 Å². The average molecular weight is 460 g/mol. The molecule has 9 heteroatoms. The number of nitrogens with zero attached hydrogens (tertiary/aromatic N) is 6. The Kier molecular flexibility index (Phi) is 5.69. The van der Waals surface area contributed by atoms with Gasteiger partial charge in [-0.15, -0.1) is 0 Å². The van der Waals surface area contributed by atoms with E-state index in [-0.39, 0.29) is 17.8 Å². The predicted molar refractivity (Wildman–Crippen MR) is 130 cm³/mol. The van der Waals surface area contributed by atoms with Crippen LogP contribution in [-0.4, -0.2) is 56.9 Å². The number of pyridine rings is 2. The van der Waals surface area contributed by atoms with Crippen molar-refractivity contribution in [3.8, 4) is 0 Å². The van der Waals surface area contributed by atoms with Crippen LogP contribution in [0.5, 0.6) is 0 Å². The summed E-state index contributed by atoms with van der Waals surface area (Å²) in [5.74, 6) is 1.23. The van der Waals surface area contributed by atoms with Crippen LogP contribution >= 0.6 is 0 Å². The number of fused-ring (bicyclic) bond motifs is 2. The van der Waals surface area contributed by atoms with Gasteiger partial charge in [-0.1, -0.05) is 0 Å². The first-order chi connectivity index (χ1) is 16.4. The maximum absolute atomic E-state index is 14.3. The number of hydrogen-bond donors (Lipinski definition) is 1. The van der Waals surface area contributed by atoms with Gasteiger partial charge in [-0.2, -0.15) is 0 Å². The Labute approximate surface area is 196 Å². The van der Waals surface area contributed by atoms with Crippen LogP contribution in [0.1, 0.15) is 31.0 Å². The minimum atomic E-state index is -0.273. The normalized spacial score (nSPS) is 15.1. The molecule has 0 spiro atoms. The van der Waals surface area contributed by atoms with E-state index in [0.29, 0.717) is 48.6 Å². The van der Waals surface area contributed by atoms with Crippen LogP contribution in [0.25, 0.3) is 21.9 Å². The Morgan fingerprint density at radius 2 is 1.88 bits per heavy atom. The van der Waals surface area contributed by atoms with Crippen LogP contribution in [-0.2, 0) is 4.79 Å². The van der Waals surface area contributed by atoms with Gasteiger partial charge in [0.2, 0.25) is 5.91 Å². The largest absolute Gasteiger partial charge is 0.361 e. The average Bonchev–Trinajstić information content (AvgIpc) is 2.86. The minimum Gasteiger partial charge on any atom is -0.361 e. The summed E-state index contributed by atoms with van der Waals surface area (Å²) >= 11 is 0. The van der Waals surface area contributed by atoms with Crippen molar-refractivity contribution < 1.29 is 9.18 Å². The van der Waals surface area contributed by atoms with Crippen LogP contribution < -0.4 is 10.2 Å². The van der Waals surface area contributed by atoms with Crippen LogP contribution in [0.2, 0.25) is 0 Å². The number of aromatic nitrogens is 4. The number of aryl methyl sites for hydroxylation is 1. The molecule has 1 saturated heterocycles. The number of anilines is 2. The lowest BCUT2D eigenvalue weighted by Gasteiger charge is -2.36.